The van der Waals surface area contributed by atoms with Crippen LogP contribution in [0.25, 0.3) is 10.9 Å². The first-order chi connectivity index (χ1) is 9.65. The molecule has 108 valence electrons. The molecule has 20 heavy (non-hydrogen) atoms. The van der Waals surface area contributed by atoms with Gasteiger partial charge in [-0.05, 0) is 48.7 Å². The first-order valence-corrected chi connectivity index (χ1v) is 7.91. The molecule has 0 amide bonds. The number of likely N-dealkylation sites (tertiary alicyclic amines) is 1. The lowest BCUT2D eigenvalue weighted by molar-refractivity contribution is 0.137. The van der Waals surface area contributed by atoms with Crippen LogP contribution in [0.1, 0.15) is 32.4 Å². The van der Waals surface area contributed by atoms with Gasteiger partial charge in [0.15, 0.2) is 0 Å². The van der Waals surface area contributed by atoms with Crippen molar-refractivity contribution in [2.75, 3.05) is 13.1 Å². The van der Waals surface area contributed by atoms with Gasteiger partial charge in [0.25, 0.3) is 0 Å². The van der Waals surface area contributed by atoms with Crippen LogP contribution >= 0.6 is 0 Å². The number of benzene rings is 1. The van der Waals surface area contributed by atoms with E-state index in [1.807, 2.05) is 0 Å². The third kappa shape index (κ3) is 2.62. The van der Waals surface area contributed by atoms with Crippen molar-refractivity contribution in [3.63, 3.8) is 0 Å². The number of aromatic nitrogens is 1. The Morgan fingerprint density at radius 3 is 2.80 bits per heavy atom. The van der Waals surface area contributed by atoms with Crippen LogP contribution in [0.4, 0.5) is 0 Å². The Labute approximate surface area is 122 Å². The molecular weight excluding hydrogens is 244 g/mol. The minimum absolute atomic E-state index is 0.810. The van der Waals surface area contributed by atoms with E-state index in [0.29, 0.717) is 0 Å². The van der Waals surface area contributed by atoms with Crippen molar-refractivity contribution < 1.29 is 0 Å². The lowest BCUT2D eigenvalue weighted by atomic mass is 9.88. The van der Waals surface area contributed by atoms with Crippen molar-refractivity contribution >= 4 is 10.9 Å². The fourth-order valence-electron chi connectivity index (χ4n) is 3.51. The van der Waals surface area contributed by atoms with Crippen molar-refractivity contribution in [2.45, 2.75) is 33.2 Å². The Balaban J connectivity index is 1.77. The molecule has 2 heteroatoms. The summed E-state index contributed by atoms with van der Waals surface area (Å²) in [5.74, 6) is 1.68. The molecule has 0 aliphatic carbocycles. The van der Waals surface area contributed by atoms with Crippen molar-refractivity contribution in [2.24, 2.45) is 18.9 Å². The van der Waals surface area contributed by atoms with E-state index < -0.39 is 0 Å². The molecule has 3 rings (SSSR count). The molecule has 0 unspecified atom stereocenters. The minimum Gasteiger partial charge on any atom is -0.346 e. The van der Waals surface area contributed by atoms with Gasteiger partial charge >= 0.3 is 0 Å². The van der Waals surface area contributed by atoms with Gasteiger partial charge in [-0.15, -0.1) is 0 Å². The van der Waals surface area contributed by atoms with E-state index in [1.165, 1.54) is 42.5 Å². The molecule has 1 aromatic carbocycles. The number of aryl methyl sites for hydroxylation is 1. The van der Waals surface area contributed by atoms with Crippen LogP contribution < -0.4 is 0 Å². The normalized spacial score (nSPS) is 20.9. The number of fused-ring (bicyclic) bond motifs is 1. The monoisotopic (exact) mass is 270 g/mol. The molecule has 0 bridgehead atoms. The van der Waals surface area contributed by atoms with Crippen LogP contribution in [0, 0.1) is 11.8 Å². The van der Waals surface area contributed by atoms with E-state index >= 15 is 0 Å². The topological polar surface area (TPSA) is 8.17 Å². The van der Waals surface area contributed by atoms with Gasteiger partial charge in [-0.3, -0.25) is 4.90 Å². The second-order valence-corrected chi connectivity index (χ2v) is 6.63. The summed E-state index contributed by atoms with van der Waals surface area (Å²) in [5.41, 5.74) is 2.79. The quantitative estimate of drug-likeness (QED) is 0.817. The average molecular weight is 270 g/mol. The molecule has 1 aliphatic rings. The Morgan fingerprint density at radius 2 is 2.05 bits per heavy atom. The standard InChI is InChI=1S/C18H26N2/c1-14(2)16-8-6-10-20(12-16)13-17-11-15-7-4-5-9-18(15)19(17)3/h4-5,7,9,11,14,16H,6,8,10,12-13H2,1-3H3/t16-/m1/s1. The van der Waals surface area contributed by atoms with Gasteiger partial charge < -0.3 is 4.57 Å². The van der Waals surface area contributed by atoms with E-state index in [2.05, 4.69) is 60.7 Å². The minimum atomic E-state index is 0.810. The lowest BCUT2D eigenvalue weighted by Gasteiger charge is -2.34. The largest absolute Gasteiger partial charge is 0.346 e. The van der Waals surface area contributed by atoms with Gasteiger partial charge in [0.1, 0.15) is 0 Å². The van der Waals surface area contributed by atoms with E-state index in [4.69, 9.17) is 0 Å². The maximum atomic E-state index is 2.64. The summed E-state index contributed by atoms with van der Waals surface area (Å²) in [7, 11) is 2.20. The predicted octanol–water partition coefficient (Wildman–Crippen LogP) is 4.05. The number of rotatable bonds is 3. The van der Waals surface area contributed by atoms with Crippen LogP contribution in [0.15, 0.2) is 30.3 Å². The van der Waals surface area contributed by atoms with Gasteiger partial charge in [0.2, 0.25) is 0 Å². The molecule has 2 heterocycles. The molecule has 2 nitrogen and oxygen atoms in total. The smallest absolute Gasteiger partial charge is 0.0480 e. The summed E-state index contributed by atoms with van der Waals surface area (Å²) in [6, 6.07) is 11.0. The molecule has 0 spiro atoms. The number of hydrogen-bond acceptors (Lipinski definition) is 1. The second kappa shape index (κ2) is 5.61. The molecule has 0 radical (unpaired) electrons. The van der Waals surface area contributed by atoms with Crippen molar-refractivity contribution in [1.29, 1.82) is 0 Å². The van der Waals surface area contributed by atoms with Crippen LogP contribution in [0.5, 0.6) is 0 Å². The molecular formula is C18H26N2. The summed E-state index contributed by atoms with van der Waals surface area (Å²) in [4.78, 5) is 2.64. The Bertz CT molecular complexity index is 582. The summed E-state index contributed by atoms with van der Waals surface area (Å²) >= 11 is 0. The van der Waals surface area contributed by atoms with Crippen molar-refractivity contribution in [3.05, 3.63) is 36.0 Å². The Kier molecular flexibility index (Phi) is 3.84. The SMILES string of the molecule is CC(C)[C@@H]1CCCN(Cc2cc3ccccc3n2C)C1. The second-order valence-electron chi connectivity index (χ2n) is 6.63. The highest BCUT2D eigenvalue weighted by atomic mass is 15.1. The number of hydrogen-bond donors (Lipinski definition) is 0. The lowest BCUT2D eigenvalue weighted by Crippen LogP contribution is -2.37. The Morgan fingerprint density at radius 1 is 1.25 bits per heavy atom. The van der Waals surface area contributed by atoms with Crippen molar-refractivity contribution in [1.82, 2.24) is 9.47 Å². The predicted molar refractivity (Wildman–Crippen MR) is 85.8 cm³/mol. The van der Waals surface area contributed by atoms with Gasteiger partial charge in [0, 0.05) is 31.3 Å². The summed E-state index contributed by atoms with van der Waals surface area (Å²) in [6.07, 6.45) is 2.76. The van der Waals surface area contributed by atoms with Crippen LogP contribution in [0.3, 0.4) is 0 Å². The first-order valence-electron chi connectivity index (χ1n) is 7.91. The van der Waals surface area contributed by atoms with Gasteiger partial charge in [0.05, 0.1) is 0 Å². The molecule has 0 N–H and O–H groups in total. The molecule has 2 aromatic rings. The molecule has 1 aliphatic heterocycles. The molecule has 1 fully saturated rings. The van der Waals surface area contributed by atoms with E-state index in [1.54, 1.807) is 0 Å². The summed E-state index contributed by atoms with van der Waals surface area (Å²) < 4.78 is 2.36. The third-order valence-electron chi connectivity index (χ3n) is 4.92. The Hall–Kier alpha value is -1.28. The van der Waals surface area contributed by atoms with Gasteiger partial charge in [-0.1, -0.05) is 32.0 Å². The van der Waals surface area contributed by atoms with Gasteiger partial charge in [-0.2, -0.15) is 0 Å². The molecule has 1 saturated heterocycles. The first kappa shape index (κ1) is 13.7. The van der Waals surface area contributed by atoms with E-state index in [-0.39, 0.29) is 0 Å². The highest BCUT2D eigenvalue weighted by Gasteiger charge is 2.22. The molecule has 1 aromatic heterocycles. The zero-order chi connectivity index (χ0) is 14.1. The van der Waals surface area contributed by atoms with Gasteiger partial charge in [-0.25, -0.2) is 0 Å². The third-order valence-corrected chi connectivity index (χ3v) is 4.92. The molecule has 1 atom stereocenters. The number of piperidine rings is 1. The van der Waals surface area contributed by atoms with Crippen LogP contribution in [-0.4, -0.2) is 22.6 Å². The maximum Gasteiger partial charge on any atom is 0.0480 e. The van der Waals surface area contributed by atoms with E-state index in [0.717, 1.165) is 18.4 Å². The van der Waals surface area contributed by atoms with Crippen molar-refractivity contribution in [3.8, 4) is 0 Å². The fraction of sp³-hybridized carbons (Fsp3) is 0.556. The van der Waals surface area contributed by atoms with Crippen LogP contribution in [-0.2, 0) is 13.6 Å². The molecule has 0 saturated carbocycles. The summed E-state index contributed by atoms with van der Waals surface area (Å²) in [6.45, 7) is 8.34. The highest BCUT2D eigenvalue weighted by molar-refractivity contribution is 5.81. The average Bonchev–Trinajstić information content (AvgIpc) is 2.76. The van der Waals surface area contributed by atoms with Crippen LogP contribution in [0.2, 0.25) is 0 Å². The summed E-state index contributed by atoms with van der Waals surface area (Å²) in [5, 5.41) is 1.36. The highest BCUT2D eigenvalue weighted by Crippen LogP contribution is 2.26. The number of para-hydroxylation sites is 1. The zero-order valence-electron chi connectivity index (χ0n) is 13.0. The maximum absolute atomic E-state index is 2.64. The van der Waals surface area contributed by atoms with E-state index in [9.17, 15) is 0 Å². The zero-order valence-corrected chi connectivity index (χ0v) is 13.0. The number of nitrogens with zero attached hydrogens (tertiary/aromatic N) is 2. The fourth-order valence-corrected chi connectivity index (χ4v) is 3.51.